The molecule has 0 spiro atoms. The summed E-state index contributed by atoms with van der Waals surface area (Å²) in [6.45, 7) is 15.1. The molecule has 0 aliphatic carbocycles. The Morgan fingerprint density at radius 2 is 1.86 bits per heavy atom. The quantitative estimate of drug-likeness (QED) is 0.677. The molecule has 29 heavy (non-hydrogen) atoms. The Hall–Kier alpha value is -2.77. The standard InChI is InChI=1S/C19H29N7O.C2H6/c1-6-12-25(7-2)19(27)11-8-16(13(3)20)14(4)21-17-9-10-18-23-22-15(5)26(18)24-17;1-2/h9-10H,6-8,11-12,20H2,1-5H3;1-2H3/b16-13-,21-14?;. The largest absolute Gasteiger partial charge is 0.402 e. The number of amides is 1. The highest BCUT2D eigenvalue weighted by molar-refractivity contribution is 6.00. The molecule has 2 heterocycles. The average Bonchev–Trinajstić information content (AvgIpc) is 3.07. The minimum absolute atomic E-state index is 0.144. The van der Waals surface area contributed by atoms with Crippen molar-refractivity contribution < 1.29 is 4.79 Å². The van der Waals surface area contributed by atoms with E-state index in [1.54, 1.807) is 10.6 Å². The molecular weight excluding hydrogens is 366 g/mol. The number of rotatable bonds is 8. The number of hydrogen-bond donors (Lipinski definition) is 1. The first-order valence-corrected chi connectivity index (χ1v) is 10.3. The smallest absolute Gasteiger partial charge is 0.222 e. The van der Waals surface area contributed by atoms with Crippen LogP contribution in [-0.2, 0) is 4.79 Å². The Morgan fingerprint density at radius 1 is 1.17 bits per heavy atom. The third-order valence-electron chi connectivity index (χ3n) is 4.42. The summed E-state index contributed by atoms with van der Waals surface area (Å²) < 4.78 is 1.65. The van der Waals surface area contributed by atoms with E-state index in [1.165, 1.54) is 0 Å². The van der Waals surface area contributed by atoms with Crippen LogP contribution in [0.5, 0.6) is 0 Å². The van der Waals surface area contributed by atoms with Crippen LogP contribution < -0.4 is 5.73 Å². The van der Waals surface area contributed by atoms with Crippen molar-refractivity contribution in [1.29, 1.82) is 0 Å². The zero-order valence-corrected chi connectivity index (χ0v) is 18.9. The van der Waals surface area contributed by atoms with Crippen molar-refractivity contribution in [3.8, 4) is 0 Å². The van der Waals surface area contributed by atoms with Crippen LogP contribution in [0.4, 0.5) is 5.82 Å². The number of aromatic nitrogens is 4. The Morgan fingerprint density at radius 3 is 2.45 bits per heavy atom. The molecular formula is C21H35N7O. The van der Waals surface area contributed by atoms with Crippen LogP contribution in [0, 0.1) is 6.92 Å². The Bertz CT molecular complexity index is 863. The minimum atomic E-state index is 0.144. The Balaban J connectivity index is 0.00000204. The Labute approximate surface area is 173 Å². The monoisotopic (exact) mass is 401 g/mol. The second-order valence-corrected chi connectivity index (χ2v) is 6.54. The molecule has 0 radical (unpaired) electrons. The van der Waals surface area contributed by atoms with Crippen molar-refractivity contribution in [3.63, 3.8) is 0 Å². The Kier molecular flexibility index (Phi) is 9.99. The van der Waals surface area contributed by atoms with Crippen molar-refractivity contribution in [2.24, 2.45) is 10.7 Å². The number of hydrogen-bond acceptors (Lipinski definition) is 6. The fourth-order valence-electron chi connectivity index (χ4n) is 2.97. The van der Waals surface area contributed by atoms with Crippen molar-refractivity contribution in [1.82, 2.24) is 24.7 Å². The SMILES string of the molecule is CC.CCCN(CC)C(=O)CC/C(C(C)=Nc1ccc2nnc(C)n2n1)=C(\C)N. The summed E-state index contributed by atoms with van der Waals surface area (Å²) in [5.74, 6) is 1.39. The molecule has 0 bridgehead atoms. The first-order chi connectivity index (χ1) is 13.9. The van der Waals surface area contributed by atoms with Crippen LogP contribution in [0.3, 0.4) is 0 Å². The van der Waals surface area contributed by atoms with Crippen LogP contribution in [0.25, 0.3) is 5.65 Å². The van der Waals surface area contributed by atoms with Gasteiger partial charge in [-0.05, 0) is 58.2 Å². The van der Waals surface area contributed by atoms with Gasteiger partial charge in [-0.1, -0.05) is 20.8 Å². The molecule has 8 nitrogen and oxygen atoms in total. The first-order valence-electron chi connectivity index (χ1n) is 10.3. The fraction of sp³-hybridized carbons (Fsp3) is 0.571. The van der Waals surface area contributed by atoms with Crippen molar-refractivity contribution >= 4 is 23.1 Å². The highest BCUT2D eigenvalue weighted by Crippen LogP contribution is 2.17. The van der Waals surface area contributed by atoms with Gasteiger partial charge in [0.05, 0.1) is 0 Å². The maximum Gasteiger partial charge on any atom is 0.222 e. The molecule has 0 saturated carbocycles. The number of allylic oxidation sites excluding steroid dienone is 2. The van der Waals surface area contributed by atoms with Crippen molar-refractivity contribution in [2.45, 2.75) is 67.7 Å². The van der Waals surface area contributed by atoms with E-state index in [9.17, 15) is 4.79 Å². The summed E-state index contributed by atoms with van der Waals surface area (Å²) in [6.07, 6.45) is 1.93. The van der Waals surface area contributed by atoms with Crippen molar-refractivity contribution in [2.75, 3.05) is 13.1 Å². The van der Waals surface area contributed by atoms with E-state index in [0.29, 0.717) is 35.8 Å². The molecule has 0 aliphatic rings. The predicted octanol–water partition coefficient (Wildman–Crippen LogP) is 3.82. The number of carbonyl (C=O) groups excluding carboxylic acids is 1. The van der Waals surface area contributed by atoms with Gasteiger partial charge in [-0.2, -0.15) is 4.52 Å². The zero-order valence-electron chi connectivity index (χ0n) is 18.9. The van der Waals surface area contributed by atoms with E-state index in [1.807, 2.05) is 52.5 Å². The molecule has 8 heteroatoms. The highest BCUT2D eigenvalue weighted by atomic mass is 16.2. The van der Waals surface area contributed by atoms with Gasteiger partial charge in [-0.15, -0.1) is 15.3 Å². The lowest BCUT2D eigenvalue weighted by atomic mass is 10.0. The minimum Gasteiger partial charge on any atom is -0.402 e. The highest BCUT2D eigenvalue weighted by Gasteiger charge is 2.14. The van der Waals surface area contributed by atoms with Gasteiger partial charge in [-0.25, -0.2) is 4.99 Å². The maximum atomic E-state index is 12.4. The average molecular weight is 402 g/mol. The third-order valence-corrected chi connectivity index (χ3v) is 4.42. The molecule has 1 amide bonds. The molecule has 0 aliphatic heterocycles. The second kappa shape index (κ2) is 11.9. The van der Waals surface area contributed by atoms with Crippen molar-refractivity contribution in [3.05, 3.63) is 29.2 Å². The third kappa shape index (κ3) is 6.66. The molecule has 2 aromatic rings. The van der Waals surface area contributed by atoms with Gasteiger partial charge in [0.25, 0.3) is 0 Å². The van der Waals surface area contributed by atoms with Gasteiger partial charge in [-0.3, -0.25) is 4.79 Å². The number of nitrogens with two attached hydrogens (primary N) is 1. The molecule has 0 unspecified atom stereocenters. The maximum absolute atomic E-state index is 12.4. The summed E-state index contributed by atoms with van der Waals surface area (Å²) in [5.41, 5.74) is 9.07. The van der Waals surface area contributed by atoms with Crippen LogP contribution in [0.15, 0.2) is 28.4 Å². The summed E-state index contributed by atoms with van der Waals surface area (Å²) in [5, 5.41) is 12.5. The molecule has 2 N–H and O–H groups in total. The number of fused-ring (bicyclic) bond motifs is 1. The number of aryl methyl sites for hydroxylation is 1. The lowest BCUT2D eigenvalue weighted by Crippen LogP contribution is -2.31. The molecule has 0 saturated heterocycles. The number of nitrogens with zero attached hydrogens (tertiary/aromatic N) is 6. The first kappa shape index (κ1) is 24.3. The lowest BCUT2D eigenvalue weighted by Gasteiger charge is -2.20. The molecule has 160 valence electrons. The second-order valence-electron chi connectivity index (χ2n) is 6.54. The fourth-order valence-corrected chi connectivity index (χ4v) is 2.97. The number of aliphatic imine (C=N–C) groups is 1. The topological polar surface area (TPSA) is 102 Å². The normalized spacial score (nSPS) is 12.3. The summed E-state index contributed by atoms with van der Waals surface area (Å²) in [4.78, 5) is 18.9. The van der Waals surface area contributed by atoms with E-state index in [0.717, 1.165) is 30.8 Å². The van der Waals surface area contributed by atoms with Gasteiger partial charge < -0.3 is 10.6 Å². The molecule has 0 aromatic carbocycles. The summed E-state index contributed by atoms with van der Waals surface area (Å²) in [7, 11) is 0. The number of carbonyl (C=O) groups is 1. The van der Waals surface area contributed by atoms with E-state index < -0.39 is 0 Å². The summed E-state index contributed by atoms with van der Waals surface area (Å²) >= 11 is 0. The van der Waals surface area contributed by atoms with E-state index >= 15 is 0 Å². The van der Waals surface area contributed by atoms with E-state index in [-0.39, 0.29) is 5.91 Å². The summed E-state index contributed by atoms with van der Waals surface area (Å²) in [6, 6.07) is 3.62. The van der Waals surface area contributed by atoms with Gasteiger partial charge in [0.1, 0.15) is 0 Å². The molecule has 0 fully saturated rings. The molecule has 2 aromatic heterocycles. The van der Waals surface area contributed by atoms with Crippen LogP contribution in [0.1, 0.15) is 66.6 Å². The van der Waals surface area contributed by atoms with E-state index in [2.05, 4.69) is 27.2 Å². The van der Waals surface area contributed by atoms with Crippen LogP contribution >= 0.6 is 0 Å². The molecule has 0 atom stereocenters. The zero-order chi connectivity index (χ0) is 22.0. The van der Waals surface area contributed by atoms with E-state index in [4.69, 9.17) is 5.73 Å². The van der Waals surface area contributed by atoms with Gasteiger partial charge >= 0.3 is 0 Å². The molecule has 2 rings (SSSR count). The predicted molar refractivity (Wildman–Crippen MR) is 118 cm³/mol. The van der Waals surface area contributed by atoms with Gasteiger partial charge in [0, 0.05) is 30.9 Å². The van der Waals surface area contributed by atoms with Gasteiger partial charge in [0.2, 0.25) is 5.91 Å². The lowest BCUT2D eigenvalue weighted by molar-refractivity contribution is -0.131. The van der Waals surface area contributed by atoms with Crippen LogP contribution in [0.2, 0.25) is 0 Å². The van der Waals surface area contributed by atoms with Crippen LogP contribution in [-0.4, -0.2) is 49.4 Å². The van der Waals surface area contributed by atoms with Gasteiger partial charge in [0.15, 0.2) is 17.3 Å².